The monoisotopic (exact) mass is 260 g/mol. The first-order chi connectivity index (χ1) is 6.49. The molecule has 1 atom stereocenters. The van der Waals surface area contributed by atoms with Crippen LogP contribution < -0.4 is 0 Å². The predicted octanol–water partition coefficient (Wildman–Crippen LogP) is 5.20. The second kappa shape index (κ2) is 7.98. The predicted molar refractivity (Wildman–Crippen MR) is 63.2 cm³/mol. The van der Waals surface area contributed by atoms with Gasteiger partial charge >= 0.3 is 6.07 Å². The summed E-state index contributed by atoms with van der Waals surface area (Å²) in [5.74, 6) is 0.634. The summed E-state index contributed by atoms with van der Waals surface area (Å²) in [6, 6.07) is 0. The first kappa shape index (κ1) is 14.8. The van der Waals surface area contributed by atoms with E-state index in [4.69, 9.17) is 27.0 Å². The van der Waals surface area contributed by atoms with Gasteiger partial charge in [0.2, 0.25) is 0 Å². The molecule has 0 fully saturated rings. The lowest BCUT2D eigenvalue weighted by atomic mass is 9.96. The third kappa shape index (κ3) is 9.33. The van der Waals surface area contributed by atoms with Crippen molar-refractivity contribution < 1.29 is 9.09 Å². The van der Waals surface area contributed by atoms with Gasteiger partial charge in [0.05, 0.1) is 6.61 Å². The average molecular weight is 261 g/mol. The zero-order chi connectivity index (χ0) is 11.0. The molecule has 0 aromatic heterocycles. The summed E-state index contributed by atoms with van der Waals surface area (Å²) in [5.41, 5.74) is 0. The molecule has 0 aliphatic carbocycles. The molecule has 0 N–H and O–H groups in total. The second-order valence-electron chi connectivity index (χ2n) is 3.45. The SMILES string of the molecule is CCCCC(CC)CCOP(=O)(Cl)Cl. The van der Waals surface area contributed by atoms with Crippen LogP contribution in [0.4, 0.5) is 0 Å². The molecule has 2 nitrogen and oxygen atoms in total. The first-order valence-corrected chi connectivity index (χ1v) is 8.57. The molecule has 1 unspecified atom stereocenters. The Balaban J connectivity index is 3.57. The smallest absolute Gasteiger partial charge is 0.306 e. The highest BCUT2D eigenvalue weighted by Crippen LogP contribution is 2.57. The van der Waals surface area contributed by atoms with Crippen LogP contribution >= 0.6 is 28.6 Å². The van der Waals surface area contributed by atoms with Crippen molar-refractivity contribution in [1.82, 2.24) is 0 Å². The molecular weight excluding hydrogens is 242 g/mol. The van der Waals surface area contributed by atoms with E-state index < -0.39 is 6.07 Å². The summed E-state index contributed by atoms with van der Waals surface area (Å²) in [7, 11) is 0. The number of halogens is 2. The molecule has 0 spiro atoms. The van der Waals surface area contributed by atoms with Crippen molar-refractivity contribution in [3.63, 3.8) is 0 Å². The molecule has 0 amide bonds. The van der Waals surface area contributed by atoms with Crippen molar-refractivity contribution in [2.24, 2.45) is 5.92 Å². The molecule has 0 aromatic carbocycles. The molecule has 0 aliphatic rings. The average Bonchev–Trinajstić information content (AvgIpc) is 2.09. The summed E-state index contributed by atoms with van der Waals surface area (Å²) in [5, 5.41) is 0. The Morgan fingerprint density at radius 1 is 1.29 bits per heavy atom. The highest BCUT2D eigenvalue weighted by atomic mass is 35.9. The number of hydrogen-bond acceptors (Lipinski definition) is 2. The van der Waals surface area contributed by atoms with Crippen molar-refractivity contribution in [1.29, 1.82) is 0 Å². The molecule has 5 heteroatoms. The maximum Gasteiger partial charge on any atom is 0.380 e. The molecule has 0 saturated heterocycles. The summed E-state index contributed by atoms with van der Waals surface area (Å²) < 4.78 is 15.6. The Hall–Kier alpha value is 0.770. The van der Waals surface area contributed by atoms with E-state index in [-0.39, 0.29) is 0 Å². The van der Waals surface area contributed by atoms with Gasteiger partial charge in [-0.3, -0.25) is 4.57 Å². The van der Waals surface area contributed by atoms with Gasteiger partial charge in [0, 0.05) is 0 Å². The molecule has 0 aliphatic heterocycles. The summed E-state index contributed by atoms with van der Waals surface area (Å²) in [6.07, 6.45) is 2.34. The van der Waals surface area contributed by atoms with Crippen molar-refractivity contribution >= 4 is 28.6 Å². The summed E-state index contributed by atoms with van der Waals surface area (Å²) in [4.78, 5) is 0. The molecule has 0 saturated carbocycles. The third-order valence-electron chi connectivity index (χ3n) is 2.31. The Kier molecular flexibility index (Phi) is 8.42. The molecule has 0 bridgehead atoms. The fraction of sp³-hybridized carbons (Fsp3) is 1.00. The standard InChI is InChI=1S/C9H19Cl2O2P/c1-3-5-6-9(4-2)7-8-13-14(10,11)12/h9H,3-8H2,1-2H3. The molecule has 0 radical (unpaired) electrons. The maximum absolute atomic E-state index is 10.8. The van der Waals surface area contributed by atoms with Crippen LogP contribution in [0.1, 0.15) is 46.0 Å². The highest BCUT2D eigenvalue weighted by Gasteiger charge is 2.15. The number of rotatable bonds is 8. The van der Waals surface area contributed by atoms with E-state index in [0.29, 0.717) is 12.5 Å². The van der Waals surface area contributed by atoms with Crippen molar-refractivity contribution in [3.05, 3.63) is 0 Å². The molecule has 0 heterocycles. The molecule has 0 rings (SSSR count). The first-order valence-electron chi connectivity index (χ1n) is 5.13. The Morgan fingerprint density at radius 3 is 2.36 bits per heavy atom. The van der Waals surface area contributed by atoms with E-state index in [1.165, 1.54) is 19.3 Å². The van der Waals surface area contributed by atoms with Gasteiger partial charge in [-0.1, -0.05) is 39.5 Å². The number of hydrogen-bond donors (Lipinski definition) is 0. The number of unbranched alkanes of at least 4 members (excludes halogenated alkanes) is 1. The van der Waals surface area contributed by atoms with Gasteiger partial charge in [0.25, 0.3) is 0 Å². The maximum atomic E-state index is 10.8. The van der Waals surface area contributed by atoms with Crippen molar-refractivity contribution in [2.75, 3.05) is 6.61 Å². The van der Waals surface area contributed by atoms with Crippen LogP contribution in [-0.4, -0.2) is 6.61 Å². The lowest BCUT2D eigenvalue weighted by Gasteiger charge is -2.14. The van der Waals surface area contributed by atoms with Gasteiger partial charge in [-0.15, -0.1) is 0 Å². The van der Waals surface area contributed by atoms with Crippen LogP contribution in [0.5, 0.6) is 0 Å². The Labute approximate surface area is 96.3 Å². The minimum Gasteiger partial charge on any atom is -0.306 e. The summed E-state index contributed by atoms with van der Waals surface area (Å²) >= 11 is 10.5. The lowest BCUT2D eigenvalue weighted by Crippen LogP contribution is -2.02. The van der Waals surface area contributed by atoms with Crippen LogP contribution in [-0.2, 0) is 9.09 Å². The van der Waals surface area contributed by atoms with Gasteiger partial charge < -0.3 is 4.52 Å². The van der Waals surface area contributed by atoms with Crippen LogP contribution in [0.2, 0.25) is 0 Å². The zero-order valence-electron chi connectivity index (χ0n) is 8.84. The quantitative estimate of drug-likeness (QED) is 0.561. The van der Waals surface area contributed by atoms with Gasteiger partial charge in [0.15, 0.2) is 0 Å². The van der Waals surface area contributed by atoms with Gasteiger partial charge in [-0.2, -0.15) is 0 Å². The van der Waals surface area contributed by atoms with Crippen LogP contribution in [0.25, 0.3) is 0 Å². The van der Waals surface area contributed by atoms with Gasteiger partial charge in [-0.05, 0) is 34.8 Å². The van der Waals surface area contributed by atoms with E-state index in [1.807, 2.05) is 0 Å². The fourth-order valence-corrected chi connectivity index (χ4v) is 2.10. The lowest BCUT2D eigenvalue weighted by molar-refractivity contribution is 0.279. The Bertz CT molecular complexity index is 182. The minimum absolute atomic E-state index is 0.395. The van der Waals surface area contributed by atoms with Crippen molar-refractivity contribution in [2.45, 2.75) is 46.0 Å². The van der Waals surface area contributed by atoms with Gasteiger partial charge in [-0.25, -0.2) is 0 Å². The zero-order valence-corrected chi connectivity index (χ0v) is 11.2. The van der Waals surface area contributed by atoms with Crippen molar-refractivity contribution in [3.8, 4) is 0 Å². The van der Waals surface area contributed by atoms with E-state index in [1.54, 1.807) is 0 Å². The molecule has 0 aromatic rings. The molecule has 14 heavy (non-hydrogen) atoms. The fourth-order valence-electron chi connectivity index (χ4n) is 1.37. The van der Waals surface area contributed by atoms with Crippen LogP contribution in [0.3, 0.4) is 0 Å². The highest BCUT2D eigenvalue weighted by molar-refractivity contribution is 8.05. The van der Waals surface area contributed by atoms with E-state index >= 15 is 0 Å². The van der Waals surface area contributed by atoms with Crippen LogP contribution in [0.15, 0.2) is 0 Å². The minimum atomic E-state index is -3.31. The van der Waals surface area contributed by atoms with E-state index in [9.17, 15) is 4.57 Å². The summed E-state index contributed by atoms with van der Waals surface area (Å²) in [6.45, 7) is 4.72. The Morgan fingerprint density at radius 2 is 1.93 bits per heavy atom. The normalized spacial score (nSPS) is 14.3. The third-order valence-corrected chi connectivity index (χ3v) is 3.38. The second-order valence-corrected chi connectivity index (χ2v) is 7.73. The molecular formula is C9H19Cl2O2P. The largest absolute Gasteiger partial charge is 0.380 e. The van der Waals surface area contributed by atoms with E-state index in [0.717, 1.165) is 12.8 Å². The van der Waals surface area contributed by atoms with Gasteiger partial charge in [0.1, 0.15) is 0 Å². The molecule has 86 valence electrons. The van der Waals surface area contributed by atoms with Crippen LogP contribution in [0, 0.1) is 5.92 Å². The van der Waals surface area contributed by atoms with E-state index in [2.05, 4.69) is 13.8 Å². The topological polar surface area (TPSA) is 26.3 Å².